The monoisotopic (exact) mass is 1020 g/mol. The highest BCUT2D eigenvalue weighted by atomic mass is 35.5. The number of carboxylic acids is 1. The smallest absolute Gasteiger partial charge is 0.345 e. The number of sulfone groups is 2. The van der Waals surface area contributed by atoms with Gasteiger partial charge in [0.2, 0.25) is 0 Å². The van der Waals surface area contributed by atoms with Crippen LogP contribution in [0.2, 0.25) is 20.1 Å². The zero-order chi connectivity index (χ0) is 45.7. The second-order valence-electron chi connectivity index (χ2n) is 11.8. The molecule has 0 aliphatic carbocycles. The lowest BCUT2D eigenvalue weighted by molar-refractivity contribution is -0.127. The van der Waals surface area contributed by atoms with Gasteiger partial charge in [0, 0.05) is 36.0 Å². The molecule has 6 aromatic rings. The Labute approximate surface area is 394 Å². The van der Waals surface area contributed by atoms with Gasteiger partial charge in [0.15, 0.2) is 19.7 Å². The molecule has 2 N–H and O–H groups in total. The number of nitrogens with zero attached hydrogens (tertiary/aromatic N) is 2. The van der Waals surface area contributed by atoms with Crippen LogP contribution in [-0.4, -0.2) is 72.0 Å². The topological polar surface area (TPSA) is 212 Å². The number of benzene rings is 4. The number of rotatable bonds is 8. The van der Waals surface area contributed by atoms with E-state index in [1.165, 1.54) is 30.3 Å². The summed E-state index contributed by atoms with van der Waals surface area (Å²) >= 11 is 32.8. The first kappa shape index (κ1) is 55.9. The number of carbonyl (C=O) groups excluding carboxylic acids is 3. The van der Waals surface area contributed by atoms with Gasteiger partial charge in [0.25, 0.3) is 0 Å². The summed E-state index contributed by atoms with van der Waals surface area (Å²) in [4.78, 5) is 50.2. The number of carbonyl (C=O) groups is 4. The minimum Gasteiger partial charge on any atom is -0.508 e. The summed E-state index contributed by atoms with van der Waals surface area (Å²) < 4.78 is 50.6. The number of carboxylic acid groups (broad SMARTS) is 1. The third kappa shape index (κ3) is 17.5. The number of phenolic OH excluding ortho intramolecular Hbond substituents is 1. The quantitative estimate of drug-likeness (QED) is 0.0629. The van der Waals surface area contributed by atoms with Crippen LogP contribution in [-0.2, 0) is 29.3 Å². The molecule has 6 rings (SSSR count). The molecule has 0 bridgehead atoms. The summed E-state index contributed by atoms with van der Waals surface area (Å²) in [5, 5.41) is 16.6. The number of pyridine rings is 2. The largest absolute Gasteiger partial charge is 0.508 e. The molecular weight excluding hydrogens is 985 g/mol. The van der Waals surface area contributed by atoms with E-state index in [1.807, 2.05) is 24.3 Å². The van der Waals surface area contributed by atoms with E-state index in [9.17, 15) is 41.1 Å². The summed E-state index contributed by atoms with van der Waals surface area (Å²) in [7, 11) is -6.77. The Kier molecular flexibility index (Phi) is 22.4. The number of hydrogen-bond acceptors (Lipinski definition) is 12. The van der Waals surface area contributed by atoms with Gasteiger partial charge in [-0.15, -0.1) is 0 Å². The van der Waals surface area contributed by atoms with Crippen LogP contribution in [0, 0.1) is 0 Å². The lowest BCUT2D eigenvalue weighted by atomic mass is 10.1. The van der Waals surface area contributed by atoms with Crippen LogP contribution < -0.4 is 4.74 Å². The van der Waals surface area contributed by atoms with E-state index in [4.69, 9.17) is 56.2 Å². The van der Waals surface area contributed by atoms with Crippen molar-refractivity contribution in [1.29, 1.82) is 0 Å². The van der Waals surface area contributed by atoms with Crippen molar-refractivity contribution in [3.8, 4) is 34.0 Å². The summed E-state index contributed by atoms with van der Waals surface area (Å²) in [5.41, 5.74) is 2.69. The molecule has 334 valence electrons. The predicted octanol–water partition coefficient (Wildman–Crippen LogP) is 11.0. The molecule has 4 aromatic carbocycles. The average molecular weight is 1020 g/mol. The molecule has 0 spiro atoms. The molecule has 63 heavy (non-hydrogen) atoms. The van der Waals surface area contributed by atoms with E-state index in [0.717, 1.165) is 29.8 Å². The van der Waals surface area contributed by atoms with Crippen molar-refractivity contribution in [1.82, 2.24) is 9.97 Å². The van der Waals surface area contributed by atoms with Crippen molar-refractivity contribution in [2.24, 2.45) is 0 Å². The van der Waals surface area contributed by atoms with Gasteiger partial charge in [-0.05, 0) is 120 Å². The van der Waals surface area contributed by atoms with Gasteiger partial charge < -0.3 is 14.9 Å². The molecule has 0 amide bonds. The maximum atomic E-state index is 12.4. The Morgan fingerprint density at radius 1 is 0.556 bits per heavy atom. The molecule has 0 aliphatic heterocycles. The zero-order valence-corrected chi connectivity index (χ0v) is 37.3. The lowest BCUT2D eigenvalue weighted by Crippen LogP contribution is -2.10. The third-order valence-electron chi connectivity index (χ3n) is 7.32. The van der Waals surface area contributed by atoms with Gasteiger partial charge in [-0.3, -0.25) is 19.6 Å². The maximum Gasteiger partial charge on any atom is 0.345 e. The van der Waals surface area contributed by atoms with Crippen LogP contribution in [0.25, 0.3) is 22.5 Å². The summed E-state index contributed by atoms with van der Waals surface area (Å²) in [5.74, 6) is -1.45. The first-order valence-electron chi connectivity index (χ1n) is 16.4. The molecule has 2 aromatic heterocycles. The number of halogens is 6. The van der Waals surface area contributed by atoms with Crippen LogP contribution in [0.1, 0.15) is 35.6 Å². The third-order valence-corrected chi connectivity index (χ3v) is 11.3. The highest BCUT2D eigenvalue weighted by Gasteiger charge is 2.18. The lowest BCUT2D eigenvalue weighted by Gasteiger charge is -2.09. The molecule has 0 radical (unpaired) electrons. The number of aromatic nitrogens is 2. The molecule has 0 saturated heterocycles. The van der Waals surface area contributed by atoms with Gasteiger partial charge in [0.1, 0.15) is 11.5 Å². The zero-order valence-electron chi connectivity index (χ0n) is 31.1. The molecule has 13 nitrogen and oxygen atoms in total. The second-order valence-corrected chi connectivity index (χ2v) is 18.2. The van der Waals surface area contributed by atoms with E-state index in [2.05, 4.69) is 33.2 Å². The standard InChI is InChI=1S/C19H13Cl2NO4S.C11H8ClNO.C8H7ClO4S.C2Cl2O2.2CH4/c1-27(24,25)13-6-7-14(17(21)11-13)19(23)26-12-5-8-16(20)15(10-12)18-4-2-3-9-22-18;12-10-5-4-8(14)7-9(10)11-3-1-2-6-13-11;1-14(12,13)5-2-3-6(8(10)11)7(9)4-5;3-1(5)2(4)6;;/h2-11H,1H3;1-7,14H;2-4H,1H3,(H,10,11);;2*1H4. The Hall–Kier alpha value is -5.10. The fraction of sp³-hybridized carbons (Fsp3) is 0.0952. The van der Waals surface area contributed by atoms with E-state index in [0.29, 0.717) is 21.3 Å². The second kappa shape index (κ2) is 25.3. The molecule has 0 atom stereocenters. The minimum absolute atomic E-state index is 0. The van der Waals surface area contributed by atoms with E-state index in [1.54, 1.807) is 60.9 Å². The molecule has 0 unspecified atom stereocenters. The van der Waals surface area contributed by atoms with Gasteiger partial charge in [-0.1, -0.05) is 73.4 Å². The first-order chi connectivity index (χ1) is 28.5. The van der Waals surface area contributed by atoms with E-state index >= 15 is 0 Å². The predicted molar refractivity (Wildman–Crippen MR) is 247 cm³/mol. The van der Waals surface area contributed by atoms with Crippen molar-refractivity contribution >= 4 is 112 Å². The van der Waals surface area contributed by atoms with Crippen LogP contribution in [0.15, 0.2) is 131 Å². The summed E-state index contributed by atoms with van der Waals surface area (Å²) in [6.07, 6.45) is 5.41. The highest BCUT2D eigenvalue weighted by Crippen LogP contribution is 2.32. The van der Waals surface area contributed by atoms with Gasteiger partial charge >= 0.3 is 22.4 Å². The van der Waals surface area contributed by atoms with Crippen molar-refractivity contribution in [3.05, 3.63) is 153 Å². The number of aromatic carboxylic acids is 1. The Balaban J connectivity index is 0.000000468. The van der Waals surface area contributed by atoms with Crippen LogP contribution in [0.5, 0.6) is 11.5 Å². The first-order valence-corrected chi connectivity index (χ1v) is 22.5. The number of aromatic hydroxyl groups is 1. The number of ether oxygens (including phenoxy) is 1. The van der Waals surface area contributed by atoms with Gasteiger partial charge in [0.05, 0.1) is 52.4 Å². The van der Waals surface area contributed by atoms with E-state index < -0.39 is 42.1 Å². The van der Waals surface area contributed by atoms with Crippen molar-refractivity contribution in [2.45, 2.75) is 24.6 Å². The van der Waals surface area contributed by atoms with Crippen LogP contribution in [0.3, 0.4) is 0 Å². The molecule has 0 fully saturated rings. The maximum absolute atomic E-state index is 12.4. The fourth-order valence-corrected chi connectivity index (χ4v) is 6.84. The number of esters is 1. The SMILES string of the molecule is C.C.CS(=O)(=O)c1ccc(C(=O)O)c(Cl)c1.CS(=O)(=O)c1ccc(C(=O)Oc2ccc(Cl)c(-c3ccccn3)c2)c(Cl)c1.O=C(Cl)C(=O)Cl.Oc1ccc(Cl)c(-c2ccccn2)c1. The normalized spacial score (nSPS) is 10.3. The summed E-state index contributed by atoms with van der Waals surface area (Å²) in [6.45, 7) is 0. The molecular formula is C42H36Cl6N2O11S2. The average Bonchev–Trinajstić information content (AvgIpc) is 3.20. The minimum atomic E-state index is -3.43. The van der Waals surface area contributed by atoms with E-state index in [-0.39, 0.29) is 57.3 Å². The van der Waals surface area contributed by atoms with Crippen LogP contribution in [0.4, 0.5) is 0 Å². The molecule has 2 heterocycles. The van der Waals surface area contributed by atoms with Crippen molar-refractivity contribution in [2.75, 3.05) is 12.5 Å². The van der Waals surface area contributed by atoms with Crippen molar-refractivity contribution in [3.63, 3.8) is 0 Å². The summed E-state index contributed by atoms with van der Waals surface area (Å²) in [6, 6.07) is 27.8. The molecule has 0 aliphatic rings. The van der Waals surface area contributed by atoms with Gasteiger partial charge in [-0.25, -0.2) is 26.4 Å². The molecule has 0 saturated carbocycles. The Bertz CT molecular complexity index is 2790. The molecule has 21 heteroatoms. The van der Waals surface area contributed by atoms with Crippen LogP contribution >= 0.6 is 69.6 Å². The Morgan fingerprint density at radius 3 is 1.37 bits per heavy atom. The Morgan fingerprint density at radius 2 is 0.984 bits per heavy atom. The van der Waals surface area contributed by atoms with Crippen molar-refractivity contribution < 1.29 is 51.0 Å². The highest BCUT2D eigenvalue weighted by molar-refractivity contribution is 7.91. The number of hydrogen-bond donors (Lipinski definition) is 2. The fourth-order valence-electron chi connectivity index (χ4n) is 4.47. The van der Waals surface area contributed by atoms with Gasteiger partial charge in [-0.2, -0.15) is 0 Å². The number of phenols is 1.